The van der Waals surface area contributed by atoms with Crippen LogP contribution in [0.5, 0.6) is 0 Å². The molecule has 0 spiro atoms. The molecule has 9 heteroatoms. The number of hydrogen-bond donors (Lipinski definition) is 2. The van der Waals surface area contributed by atoms with E-state index in [1.165, 1.54) is 15.6 Å². The average molecular weight is 430 g/mol. The van der Waals surface area contributed by atoms with Gasteiger partial charge < -0.3 is 11.1 Å². The van der Waals surface area contributed by atoms with E-state index in [0.29, 0.717) is 35.0 Å². The Morgan fingerprint density at radius 3 is 2.67 bits per heavy atom. The molecule has 1 aromatic heterocycles. The zero-order chi connectivity index (χ0) is 18.9. The number of nitrogen functional groups attached to an aromatic ring is 1. The number of carbonyl (C=O) groups is 1. The standard InChI is InChI=1S/C18H23N3O3S2.ClH/c1-12-5-7-15(19)10-16(12)20-18(22)14-4-3-9-21(11-14)26(23,24)17-8-6-13(2)25-17;/h5-8,10,14H,3-4,9,11,19H2,1-2H3,(H,20,22);1H. The first-order chi connectivity index (χ1) is 12.3. The van der Waals surface area contributed by atoms with Crippen molar-refractivity contribution < 1.29 is 13.2 Å². The van der Waals surface area contributed by atoms with Crippen LogP contribution in [0.3, 0.4) is 0 Å². The van der Waals surface area contributed by atoms with Crippen LogP contribution < -0.4 is 11.1 Å². The molecule has 1 aliphatic heterocycles. The third kappa shape index (κ3) is 4.82. The Labute approximate surface area is 170 Å². The number of piperidine rings is 1. The largest absolute Gasteiger partial charge is 0.399 e. The van der Waals surface area contributed by atoms with Gasteiger partial charge in [0.25, 0.3) is 10.0 Å². The van der Waals surface area contributed by atoms with Crippen molar-refractivity contribution in [3.63, 3.8) is 0 Å². The lowest BCUT2D eigenvalue weighted by molar-refractivity contribution is -0.120. The highest BCUT2D eigenvalue weighted by atomic mass is 35.5. The predicted octanol–water partition coefficient (Wildman–Crippen LogP) is 3.41. The molecule has 1 fully saturated rings. The lowest BCUT2D eigenvalue weighted by Crippen LogP contribution is -2.43. The lowest BCUT2D eigenvalue weighted by atomic mass is 9.98. The van der Waals surface area contributed by atoms with Gasteiger partial charge in [-0.25, -0.2) is 8.42 Å². The van der Waals surface area contributed by atoms with Crippen molar-refractivity contribution in [1.29, 1.82) is 0 Å². The SMILES string of the molecule is Cc1ccc(S(=O)(=O)N2CCCC(C(=O)Nc3cc(N)ccc3C)C2)s1.Cl. The van der Waals surface area contributed by atoms with Gasteiger partial charge in [0.2, 0.25) is 5.91 Å². The highest BCUT2D eigenvalue weighted by Gasteiger charge is 2.34. The normalized spacial score (nSPS) is 17.9. The van der Waals surface area contributed by atoms with Crippen molar-refractivity contribution in [2.45, 2.75) is 30.9 Å². The van der Waals surface area contributed by atoms with E-state index in [0.717, 1.165) is 10.4 Å². The van der Waals surface area contributed by atoms with Crippen LogP contribution in [0, 0.1) is 19.8 Å². The van der Waals surface area contributed by atoms with Gasteiger partial charge in [0, 0.05) is 29.3 Å². The molecule has 0 radical (unpaired) electrons. The molecule has 1 unspecified atom stereocenters. The topological polar surface area (TPSA) is 92.5 Å². The molecule has 3 N–H and O–H groups in total. The van der Waals surface area contributed by atoms with Crippen molar-refractivity contribution in [1.82, 2.24) is 4.31 Å². The molecule has 1 aliphatic rings. The van der Waals surface area contributed by atoms with Gasteiger partial charge in [-0.2, -0.15) is 4.31 Å². The zero-order valence-corrected chi connectivity index (χ0v) is 17.7. The second-order valence-corrected chi connectivity index (χ2v) is 10.1. The summed E-state index contributed by atoms with van der Waals surface area (Å²) in [7, 11) is -3.54. The maximum atomic E-state index is 12.8. The Kier molecular flexibility index (Phi) is 6.91. The number of nitrogens with one attached hydrogen (secondary N) is 1. The lowest BCUT2D eigenvalue weighted by Gasteiger charge is -2.31. The van der Waals surface area contributed by atoms with Gasteiger partial charge in [-0.15, -0.1) is 23.7 Å². The summed E-state index contributed by atoms with van der Waals surface area (Å²) in [6.45, 7) is 4.42. The van der Waals surface area contributed by atoms with E-state index in [1.807, 2.05) is 19.9 Å². The number of rotatable bonds is 4. The average Bonchev–Trinajstić information content (AvgIpc) is 3.05. The smallest absolute Gasteiger partial charge is 0.252 e. The van der Waals surface area contributed by atoms with Crippen LogP contribution in [-0.2, 0) is 14.8 Å². The number of benzene rings is 1. The predicted molar refractivity (Wildman–Crippen MR) is 112 cm³/mol. The molecule has 1 aromatic carbocycles. The van der Waals surface area contributed by atoms with Gasteiger partial charge in [-0.3, -0.25) is 4.79 Å². The molecular weight excluding hydrogens is 406 g/mol. The fourth-order valence-corrected chi connectivity index (χ4v) is 6.02. The summed E-state index contributed by atoms with van der Waals surface area (Å²) in [6.07, 6.45) is 1.33. The third-order valence-electron chi connectivity index (χ3n) is 4.58. The molecule has 2 heterocycles. The summed E-state index contributed by atoms with van der Waals surface area (Å²) in [5, 5.41) is 2.90. The van der Waals surface area contributed by atoms with Crippen molar-refractivity contribution in [2.75, 3.05) is 24.1 Å². The Hall–Kier alpha value is -1.61. The molecule has 1 saturated heterocycles. The molecule has 3 rings (SSSR count). The van der Waals surface area contributed by atoms with E-state index in [4.69, 9.17) is 5.73 Å². The summed E-state index contributed by atoms with van der Waals surface area (Å²) in [6, 6.07) is 8.78. The number of halogens is 1. The van der Waals surface area contributed by atoms with Crippen molar-refractivity contribution in [3.8, 4) is 0 Å². The summed E-state index contributed by atoms with van der Waals surface area (Å²) in [5.74, 6) is -0.540. The molecule has 0 aliphatic carbocycles. The van der Waals surface area contributed by atoms with E-state index >= 15 is 0 Å². The Morgan fingerprint density at radius 2 is 2.00 bits per heavy atom. The van der Waals surface area contributed by atoms with Crippen molar-refractivity contribution in [3.05, 3.63) is 40.8 Å². The van der Waals surface area contributed by atoms with E-state index in [9.17, 15) is 13.2 Å². The first-order valence-electron chi connectivity index (χ1n) is 8.51. The van der Waals surface area contributed by atoms with E-state index in [2.05, 4.69) is 5.32 Å². The van der Waals surface area contributed by atoms with Gasteiger partial charge in [-0.05, 0) is 56.5 Å². The fourth-order valence-electron chi connectivity index (χ4n) is 3.06. The summed E-state index contributed by atoms with van der Waals surface area (Å²) in [5.41, 5.74) is 7.95. The zero-order valence-electron chi connectivity index (χ0n) is 15.3. The number of sulfonamides is 1. The van der Waals surface area contributed by atoms with E-state index in [-0.39, 0.29) is 30.8 Å². The van der Waals surface area contributed by atoms with Gasteiger partial charge in [0.05, 0.1) is 5.92 Å². The maximum absolute atomic E-state index is 12.8. The number of hydrogen-bond acceptors (Lipinski definition) is 5. The van der Waals surface area contributed by atoms with Crippen LogP contribution in [0.4, 0.5) is 11.4 Å². The van der Waals surface area contributed by atoms with Gasteiger partial charge in [0.1, 0.15) is 4.21 Å². The van der Waals surface area contributed by atoms with E-state index in [1.54, 1.807) is 24.3 Å². The van der Waals surface area contributed by atoms with Crippen LogP contribution in [0.1, 0.15) is 23.3 Å². The summed E-state index contributed by atoms with van der Waals surface area (Å²) < 4.78 is 27.4. The number of nitrogens with zero attached hydrogens (tertiary/aromatic N) is 1. The molecule has 6 nitrogen and oxygen atoms in total. The van der Waals surface area contributed by atoms with Crippen molar-refractivity contribution >= 4 is 51.0 Å². The van der Waals surface area contributed by atoms with Crippen LogP contribution in [0.2, 0.25) is 0 Å². The Balaban J connectivity index is 0.00000261. The van der Waals surface area contributed by atoms with Crippen LogP contribution >= 0.6 is 23.7 Å². The number of aryl methyl sites for hydroxylation is 2. The van der Waals surface area contributed by atoms with Gasteiger partial charge in [-0.1, -0.05) is 6.07 Å². The summed E-state index contributed by atoms with van der Waals surface area (Å²) in [4.78, 5) is 13.6. The number of anilines is 2. The Morgan fingerprint density at radius 1 is 1.26 bits per heavy atom. The quantitative estimate of drug-likeness (QED) is 0.728. The third-order valence-corrected chi connectivity index (χ3v) is 7.92. The fraction of sp³-hybridized carbons (Fsp3) is 0.389. The number of nitrogens with two attached hydrogens (primary N) is 1. The molecule has 0 saturated carbocycles. The minimum absolute atomic E-state index is 0. The minimum Gasteiger partial charge on any atom is -0.399 e. The van der Waals surface area contributed by atoms with Gasteiger partial charge in [0.15, 0.2) is 0 Å². The number of thiophene rings is 1. The molecule has 1 atom stereocenters. The van der Waals surface area contributed by atoms with Crippen molar-refractivity contribution in [2.24, 2.45) is 5.92 Å². The second kappa shape index (κ2) is 8.60. The highest BCUT2D eigenvalue weighted by molar-refractivity contribution is 7.91. The first-order valence-corrected chi connectivity index (χ1v) is 10.8. The van der Waals surface area contributed by atoms with Gasteiger partial charge >= 0.3 is 0 Å². The number of amides is 1. The molecule has 1 amide bonds. The molecule has 27 heavy (non-hydrogen) atoms. The number of carbonyl (C=O) groups excluding carboxylic acids is 1. The van der Waals surface area contributed by atoms with Crippen LogP contribution in [0.25, 0.3) is 0 Å². The molecular formula is C18H24ClN3O3S2. The summed E-state index contributed by atoms with van der Waals surface area (Å²) >= 11 is 1.26. The maximum Gasteiger partial charge on any atom is 0.252 e. The monoisotopic (exact) mass is 429 g/mol. The van der Waals surface area contributed by atoms with Crippen LogP contribution in [-0.4, -0.2) is 31.7 Å². The molecule has 0 bridgehead atoms. The minimum atomic E-state index is -3.54. The van der Waals surface area contributed by atoms with E-state index < -0.39 is 10.0 Å². The highest BCUT2D eigenvalue weighted by Crippen LogP contribution is 2.29. The molecule has 148 valence electrons. The Bertz CT molecular complexity index is 928. The molecule has 2 aromatic rings. The second-order valence-electron chi connectivity index (χ2n) is 6.63. The van der Waals surface area contributed by atoms with Crippen LogP contribution in [0.15, 0.2) is 34.5 Å². The first kappa shape index (κ1) is 21.7.